The highest BCUT2D eigenvalue weighted by Crippen LogP contribution is 2.25. The molecule has 0 aliphatic rings. The minimum atomic E-state index is -0.906. The fraction of sp³-hybridized carbons (Fsp3) is 0.500. The molecule has 0 aliphatic carbocycles. The Bertz CT molecular complexity index is 1160. The fourth-order valence-corrected chi connectivity index (χ4v) is 4.98. The maximum Gasteiger partial charge on any atom is 0.408 e. The summed E-state index contributed by atoms with van der Waals surface area (Å²) in [7, 11) is 0. The van der Waals surface area contributed by atoms with Crippen LogP contribution in [0.2, 0.25) is 0 Å². The van der Waals surface area contributed by atoms with Gasteiger partial charge in [-0.1, -0.05) is 81.0 Å². The van der Waals surface area contributed by atoms with E-state index in [1.165, 1.54) is 0 Å². The molecule has 8 heteroatoms. The van der Waals surface area contributed by atoms with E-state index in [9.17, 15) is 14.4 Å². The molecule has 2 unspecified atom stereocenters. The van der Waals surface area contributed by atoms with Crippen molar-refractivity contribution in [2.75, 3.05) is 18.6 Å². The number of unbranched alkanes of at least 4 members (excludes halogenated alkanes) is 4. The lowest BCUT2D eigenvalue weighted by molar-refractivity contribution is -0.142. The zero-order chi connectivity index (χ0) is 31.0. The zero-order valence-corrected chi connectivity index (χ0v) is 26.6. The minimum absolute atomic E-state index is 0.296. The van der Waals surface area contributed by atoms with E-state index in [1.807, 2.05) is 36.6 Å². The average molecular weight is 594 g/mol. The van der Waals surface area contributed by atoms with Crippen LogP contribution >= 0.6 is 11.8 Å². The summed E-state index contributed by atoms with van der Waals surface area (Å²) in [5, 5.41) is 5.83. The molecule has 0 radical (unpaired) electrons. The van der Waals surface area contributed by atoms with E-state index >= 15 is 0 Å². The zero-order valence-electron chi connectivity index (χ0n) is 25.8. The van der Waals surface area contributed by atoms with Crippen LogP contribution in [0.4, 0.5) is 4.79 Å². The highest BCUT2D eigenvalue weighted by Gasteiger charge is 2.36. The van der Waals surface area contributed by atoms with Crippen LogP contribution in [0.25, 0.3) is 0 Å². The van der Waals surface area contributed by atoms with Crippen molar-refractivity contribution in [3.05, 3.63) is 71.3 Å². The molecular formula is C34H47N3O4S. The first-order valence-corrected chi connectivity index (χ1v) is 16.2. The van der Waals surface area contributed by atoms with E-state index in [1.54, 1.807) is 61.7 Å². The molecule has 2 atom stereocenters. The number of nitrogens with one attached hydrogen (secondary N) is 2. The van der Waals surface area contributed by atoms with Gasteiger partial charge in [-0.05, 0) is 68.9 Å². The van der Waals surface area contributed by atoms with Crippen LogP contribution in [0.1, 0.15) is 89.0 Å². The number of nitrogens with zero attached hydrogens (tertiary/aromatic N) is 1. The number of terminal acetylenes is 1. The van der Waals surface area contributed by atoms with E-state index in [-0.39, 0.29) is 11.8 Å². The molecule has 0 spiro atoms. The number of carbonyl (C=O) groups is 3. The third kappa shape index (κ3) is 12.2. The molecular weight excluding hydrogens is 546 g/mol. The first-order chi connectivity index (χ1) is 20.1. The van der Waals surface area contributed by atoms with Crippen molar-refractivity contribution < 1.29 is 19.1 Å². The molecule has 0 aromatic heterocycles. The van der Waals surface area contributed by atoms with E-state index in [0.717, 1.165) is 37.7 Å². The molecule has 7 nitrogen and oxygen atoms in total. The summed E-state index contributed by atoms with van der Waals surface area (Å²) in [6.07, 6.45) is 12.2. The van der Waals surface area contributed by atoms with Crippen molar-refractivity contribution in [1.29, 1.82) is 0 Å². The SMILES string of the molecule is C#Cc1ccc(C(C(=O)NCc2ccccc2)N(CCCCCCC)C(=O)C(CCSC)NC(=O)OC(C)(C)C)cc1. The standard InChI is InChI=1S/C34H47N3O4S/c1-7-9-10-11-15-23-37(32(39)29(22-24-42-6)36-33(40)41-34(3,4)5)30(28-20-18-26(8-2)19-21-28)31(38)35-25-27-16-13-12-14-17-27/h2,12-14,16-21,29-30H,7,9-11,15,22-25H2,1,3-6H3,(H,35,38)(H,36,40). The Kier molecular flexibility index (Phi) is 15.0. The molecule has 2 rings (SSSR count). The van der Waals surface area contributed by atoms with Crippen LogP contribution in [0.5, 0.6) is 0 Å². The lowest BCUT2D eigenvalue weighted by Gasteiger charge is -2.34. The summed E-state index contributed by atoms with van der Waals surface area (Å²) in [6.45, 7) is 8.18. The number of benzene rings is 2. The van der Waals surface area contributed by atoms with Crippen molar-refractivity contribution in [2.45, 2.75) is 90.4 Å². The van der Waals surface area contributed by atoms with Crippen LogP contribution in [0, 0.1) is 12.3 Å². The Morgan fingerprint density at radius 2 is 1.67 bits per heavy atom. The van der Waals surface area contributed by atoms with Crippen LogP contribution in [0.15, 0.2) is 54.6 Å². The molecule has 228 valence electrons. The number of hydrogen-bond donors (Lipinski definition) is 2. The Labute approximate surface area is 256 Å². The van der Waals surface area contributed by atoms with Crippen molar-refractivity contribution in [2.24, 2.45) is 0 Å². The van der Waals surface area contributed by atoms with Gasteiger partial charge in [0.05, 0.1) is 0 Å². The highest BCUT2D eigenvalue weighted by molar-refractivity contribution is 7.98. The van der Waals surface area contributed by atoms with Crippen molar-refractivity contribution in [3.63, 3.8) is 0 Å². The number of carbonyl (C=O) groups excluding carboxylic acids is 3. The number of rotatable bonds is 16. The number of thioether (sulfide) groups is 1. The molecule has 0 aliphatic heterocycles. The summed E-state index contributed by atoms with van der Waals surface area (Å²) >= 11 is 1.59. The van der Waals surface area contributed by atoms with Gasteiger partial charge in [0.2, 0.25) is 11.8 Å². The fourth-order valence-electron chi connectivity index (χ4n) is 4.51. The Morgan fingerprint density at radius 3 is 2.26 bits per heavy atom. The second-order valence-corrected chi connectivity index (χ2v) is 12.3. The van der Waals surface area contributed by atoms with Gasteiger partial charge in [0.25, 0.3) is 0 Å². The van der Waals surface area contributed by atoms with Crippen molar-refractivity contribution in [1.82, 2.24) is 15.5 Å². The minimum Gasteiger partial charge on any atom is -0.444 e. The third-order valence-electron chi connectivity index (χ3n) is 6.65. The molecule has 0 heterocycles. The summed E-state index contributed by atoms with van der Waals surface area (Å²) in [5.41, 5.74) is 1.58. The normalized spacial score (nSPS) is 12.5. The summed E-state index contributed by atoms with van der Waals surface area (Å²) in [6, 6.07) is 15.1. The Balaban J connectivity index is 2.47. The first kappa shape index (κ1) is 34.8. The molecule has 0 saturated carbocycles. The monoisotopic (exact) mass is 593 g/mol. The molecule has 0 saturated heterocycles. The summed E-state index contributed by atoms with van der Waals surface area (Å²) in [4.78, 5) is 42.7. The van der Waals surface area contributed by atoms with Gasteiger partial charge in [-0.15, -0.1) is 6.42 Å². The predicted octanol–water partition coefficient (Wildman–Crippen LogP) is 6.47. The highest BCUT2D eigenvalue weighted by atomic mass is 32.2. The Morgan fingerprint density at radius 1 is 1.00 bits per heavy atom. The second-order valence-electron chi connectivity index (χ2n) is 11.3. The molecule has 2 aromatic rings. The molecule has 2 aromatic carbocycles. The maximum atomic E-state index is 14.3. The van der Waals surface area contributed by atoms with Gasteiger partial charge >= 0.3 is 6.09 Å². The molecule has 2 N–H and O–H groups in total. The van der Waals surface area contributed by atoms with E-state index in [0.29, 0.717) is 36.4 Å². The topological polar surface area (TPSA) is 87.7 Å². The van der Waals surface area contributed by atoms with E-state index < -0.39 is 23.8 Å². The number of ether oxygens (including phenoxy) is 1. The lowest BCUT2D eigenvalue weighted by atomic mass is 10.00. The maximum absolute atomic E-state index is 14.3. The van der Waals surface area contributed by atoms with Crippen LogP contribution in [-0.4, -0.2) is 53.0 Å². The summed E-state index contributed by atoms with van der Waals surface area (Å²) < 4.78 is 5.48. The van der Waals surface area contributed by atoms with Crippen molar-refractivity contribution >= 4 is 29.7 Å². The number of alkyl carbamates (subject to hydrolysis) is 1. The van der Waals surface area contributed by atoms with Gasteiger partial charge in [-0.3, -0.25) is 9.59 Å². The second kappa shape index (κ2) is 18.2. The average Bonchev–Trinajstić information content (AvgIpc) is 2.97. The quantitative estimate of drug-likeness (QED) is 0.172. The number of amides is 3. The molecule has 0 bridgehead atoms. The predicted molar refractivity (Wildman–Crippen MR) is 172 cm³/mol. The smallest absolute Gasteiger partial charge is 0.408 e. The van der Waals surface area contributed by atoms with Gasteiger partial charge < -0.3 is 20.3 Å². The van der Waals surface area contributed by atoms with Crippen LogP contribution < -0.4 is 10.6 Å². The van der Waals surface area contributed by atoms with Gasteiger partial charge in [0, 0.05) is 18.7 Å². The van der Waals surface area contributed by atoms with Crippen LogP contribution in [0.3, 0.4) is 0 Å². The van der Waals surface area contributed by atoms with Gasteiger partial charge in [-0.2, -0.15) is 11.8 Å². The first-order valence-electron chi connectivity index (χ1n) is 14.8. The van der Waals surface area contributed by atoms with Gasteiger partial charge in [-0.25, -0.2) is 4.79 Å². The molecule has 0 fully saturated rings. The van der Waals surface area contributed by atoms with Crippen molar-refractivity contribution in [3.8, 4) is 12.3 Å². The lowest BCUT2D eigenvalue weighted by Crippen LogP contribution is -2.53. The summed E-state index contributed by atoms with van der Waals surface area (Å²) in [5.74, 6) is 2.65. The third-order valence-corrected chi connectivity index (χ3v) is 7.29. The van der Waals surface area contributed by atoms with E-state index in [4.69, 9.17) is 11.2 Å². The Hall–Kier alpha value is -3.44. The molecule has 42 heavy (non-hydrogen) atoms. The van der Waals surface area contributed by atoms with Crippen LogP contribution in [-0.2, 0) is 20.9 Å². The largest absolute Gasteiger partial charge is 0.444 e. The van der Waals surface area contributed by atoms with Gasteiger partial charge in [0.1, 0.15) is 17.7 Å². The van der Waals surface area contributed by atoms with Gasteiger partial charge in [0.15, 0.2) is 0 Å². The van der Waals surface area contributed by atoms with E-state index in [2.05, 4.69) is 23.5 Å². The molecule has 3 amide bonds. The number of hydrogen-bond acceptors (Lipinski definition) is 5.